The maximum Gasteiger partial charge on any atom is 0.295 e. The first-order valence-electron chi connectivity index (χ1n) is 13.0. The Balaban J connectivity index is 1.63. The number of Topliss-reactive ketones (excluding diaryl/α,β-unsaturated/α-hetero) is 1. The highest BCUT2D eigenvalue weighted by Gasteiger charge is 2.46. The van der Waals surface area contributed by atoms with Gasteiger partial charge in [-0.1, -0.05) is 18.2 Å². The number of nitrogens with zero attached hydrogens (tertiary/aromatic N) is 3. The second-order valence-electron chi connectivity index (χ2n) is 9.53. The number of benzene rings is 3. The largest absolute Gasteiger partial charge is 0.507 e. The van der Waals surface area contributed by atoms with Gasteiger partial charge < -0.3 is 33.5 Å². The fourth-order valence-electron chi connectivity index (χ4n) is 5.21. The van der Waals surface area contributed by atoms with E-state index in [2.05, 4.69) is 4.98 Å². The number of likely N-dealkylation sites (tertiary alicyclic amines) is 1. The van der Waals surface area contributed by atoms with Gasteiger partial charge in [0.1, 0.15) is 11.5 Å². The zero-order chi connectivity index (χ0) is 29.1. The van der Waals surface area contributed by atoms with Crippen LogP contribution in [0, 0.1) is 0 Å². The molecule has 1 aliphatic rings. The van der Waals surface area contributed by atoms with Crippen LogP contribution < -0.4 is 18.9 Å². The highest BCUT2D eigenvalue weighted by molar-refractivity contribution is 6.46. The van der Waals surface area contributed by atoms with Crippen molar-refractivity contribution < 1.29 is 33.6 Å². The van der Waals surface area contributed by atoms with Crippen LogP contribution in [0.25, 0.3) is 16.5 Å². The Morgan fingerprint density at radius 3 is 2.22 bits per heavy atom. The zero-order valence-corrected chi connectivity index (χ0v) is 23.3. The number of carbonyl (C=O) groups excluding carboxylic acids is 2. The van der Waals surface area contributed by atoms with Crippen molar-refractivity contribution in [3.05, 3.63) is 84.0 Å². The molecule has 10 nitrogen and oxygen atoms in total. The number of carbonyl (C=O) groups is 2. The molecule has 4 aromatic rings. The number of ether oxygens (including phenoxy) is 4. The van der Waals surface area contributed by atoms with Crippen LogP contribution in [0.5, 0.6) is 23.0 Å². The molecule has 0 aliphatic carbocycles. The smallest absolute Gasteiger partial charge is 0.295 e. The number of aliphatic hydroxyl groups is 1. The second kappa shape index (κ2) is 11.6. The Hall–Kier alpha value is -4.99. The molecule has 1 aromatic heterocycles. The summed E-state index contributed by atoms with van der Waals surface area (Å²) >= 11 is 0. The van der Waals surface area contributed by atoms with Crippen LogP contribution in [0.15, 0.2) is 72.8 Å². The Bertz CT molecular complexity index is 1600. The van der Waals surface area contributed by atoms with E-state index in [0.29, 0.717) is 47.1 Å². The van der Waals surface area contributed by atoms with Crippen LogP contribution in [0.4, 0.5) is 0 Å². The minimum absolute atomic E-state index is 0.0141. The summed E-state index contributed by atoms with van der Waals surface area (Å²) in [7, 11) is 6.08. The van der Waals surface area contributed by atoms with E-state index in [9.17, 15) is 14.7 Å². The van der Waals surface area contributed by atoms with Gasteiger partial charge in [0.15, 0.2) is 11.5 Å². The number of amides is 1. The third-order valence-electron chi connectivity index (χ3n) is 7.24. The van der Waals surface area contributed by atoms with Gasteiger partial charge in [0.05, 0.1) is 46.4 Å². The molecule has 1 aliphatic heterocycles. The first kappa shape index (κ1) is 27.6. The Labute approximate surface area is 237 Å². The predicted octanol–water partition coefficient (Wildman–Crippen LogP) is 4.58. The molecule has 0 spiro atoms. The van der Waals surface area contributed by atoms with Crippen LogP contribution in [0.1, 0.15) is 23.6 Å². The van der Waals surface area contributed by atoms with Crippen LogP contribution >= 0.6 is 0 Å². The summed E-state index contributed by atoms with van der Waals surface area (Å²) in [5.74, 6) is 0.0899. The molecule has 2 heterocycles. The molecule has 3 aromatic carbocycles. The van der Waals surface area contributed by atoms with Crippen molar-refractivity contribution >= 4 is 28.2 Å². The summed E-state index contributed by atoms with van der Waals surface area (Å²) in [5, 5.41) is 13.3. The first-order chi connectivity index (χ1) is 19.9. The summed E-state index contributed by atoms with van der Waals surface area (Å²) in [6, 6.07) is 13.4. The van der Waals surface area contributed by atoms with Crippen molar-refractivity contribution in [1.82, 2.24) is 14.5 Å². The van der Waals surface area contributed by atoms with Crippen molar-refractivity contribution in [2.45, 2.75) is 19.0 Å². The zero-order valence-electron chi connectivity index (χ0n) is 23.3. The fraction of sp³-hybridized carbons (Fsp3) is 0.258. The minimum atomic E-state index is -0.891. The lowest BCUT2D eigenvalue weighted by Gasteiger charge is -2.26. The normalized spacial score (nSPS) is 16.3. The van der Waals surface area contributed by atoms with Crippen molar-refractivity contribution in [2.24, 2.45) is 0 Å². The SMILES string of the molecule is COc1ccc2cc(/C(O)=C3\C(=O)C(=O)N(CCCn4ccnc4)C3c3cc(OC)c(OC)c(OC)c3)ccc2c1. The molecule has 1 unspecified atom stereocenters. The molecule has 0 saturated carbocycles. The maximum absolute atomic E-state index is 13.6. The van der Waals surface area contributed by atoms with Crippen molar-refractivity contribution in [2.75, 3.05) is 35.0 Å². The number of fused-ring (bicyclic) bond motifs is 1. The number of rotatable bonds is 10. The number of ketones is 1. The first-order valence-corrected chi connectivity index (χ1v) is 13.0. The van der Waals surface area contributed by atoms with Crippen molar-refractivity contribution in [3.8, 4) is 23.0 Å². The van der Waals surface area contributed by atoms with E-state index in [-0.39, 0.29) is 17.9 Å². The van der Waals surface area contributed by atoms with Gasteiger partial charge >= 0.3 is 0 Å². The van der Waals surface area contributed by atoms with Crippen molar-refractivity contribution in [3.63, 3.8) is 0 Å². The lowest BCUT2D eigenvalue weighted by atomic mass is 9.94. The van der Waals surface area contributed by atoms with Crippen LogP contribution in [-0.2, 0) is 16.1 Å². The van der Waals surface area contributed by atoms with E-state index in [1.54, 1.807) is 43.9 Å². The number of aliphatic hydroxyl groups excluding tert-OH is 1. The molecule has 1 atom stereocenters. The number of hydrogen-bond acceptors (Lipinski definition) is 8. The summed E-state index contributed by atoms with van der Waals surface area (Å²) in [6.07, 6.45) is 5.77. The summed E-state index contributed by atoms with van der Waals surface area (Å²) in [6.45, 7) is 0.859. The number of hydrogen-bond donors (Lipinski definition) is 1. The Kier molecular flexibility index (Phi) is 7.82. The molecular weight excluding hydrogens is 526 g/mol. The van der Waals surface area contributed by atoms with Gasteiger partial charge in [-0.2, -0.15) is 0 Å². The molecule has 1 fully saturated rings. The number of imidazole rings is 1. The molecule has 10 heteroatoms. The van der Waals surface area contributed by atoms with Crippen LogP contribution in [0.2, 0.25) is 0 Å². The molecule has 1 amide bonds. The molecule has 41 heavy (non-hydrogen) atoms. The average molecular weight is 558 g/mol. The van der Waals surface area contributed by atoms with Gasteiger partial charge in [0, 0.05) is 31.0 Å². The fourth-order valence-corrected chi connectivity index (χ4v) is 5.21. The van der Waals surface area contributed by atoms with E-state index in [0.717, 1.165) is 10.8 Å². The Morgan fingerprint density at radius 2 is 1.59 bits per heavy atom. The van der Waals surface area contributed by atoms with Crippen molar-refractivity contribution in [1.29, 1.82) is 0 Å². The van der Waals surface area contributed by atoms with Gasteiger partial charge in [-0.05, 0) is 53.1 Å². The van der Waals surface area contributed by atoms with Crippen LogP contribution in [0.3, 0.4) is 0 Å². The second-order valence-corrected chi connectivity index (χ2v) is 9.53. The number of aryl methyl sites for hydroxylation is 1. The topological polar surface area (TPSA) is 112 Å². The summed E-state index contributed by atoms with van der Waals surface area (Å²) in [5.41, 5.74) is 0.935. The van der Waals surface area contributed by atoms with E-state index < -0.39 is 17.7 Å². The molecule has 0 bridgehead atoms. The molecule has 1 saturated heterocycles. The molecular formula is C31H31N3O7. The van der Waals surface area contributed by atoms with Crippen LogP contribution in [-0.4, -0.2) is 66.2 Å². The van der Waals surface area contributed by atoms with Gasteiger partial charge in [-0.3, -0.25) is 9.59 Å². The highest BCUT2D eigenvalue weighted by atomic mass is 16.5. The third kappa shape index (κ3) is 5.16. The van der Waals surface area contributed by atoms with E-state index in [1.807, 2.05) is 35.0 Å². The monoisotopic (exact) mass is 557 g/mol. The molecule has 0 radical (unpaired) electrons. The quantitative estimate of drug-likeness (QED) is 0.171. The standard InChI is InChI=1S/C31H31N3O7/c1-38-23-9-8-19-14-21(7-6-20(19)15-23)28(35)26-27(22-16-24(39-2)30(41-4)25(17-22)40-3)34(31(37)29(26)36)12-5-11-33-13-10-32-18-33/h6-10,13-18,27,35H,5,11-12H2,1-4H3/b28-26+. The number of aromatic nitrogens is 2. The predicted molar refractivity (Wildman–Crippen MR) is 152 cm³/mol. The molecule has 212 valence electrons. The summed E-state index contributed by atoms with van der Waals surface area (Å²) in [4.78, 5) is 32.6. The van der Waals surface area contributed by atoms with Gasteiger partial charge in [0.2, 0.25) is 5.75 Å². The molecule has 1 N–H and O–H groups in total. The average Bonchev–Trinajstić information content (AvgIpc) is 3.61. The lowest BCUT2D eigenvalue weighted by molar-refractivity contribution is -0.139. The van der Waals surface area contributed by atoms with E-state index >= 15 is 0 Å². The molecule has 5 rings (SSSR count). The Morgan fingerprint density at radius 1 is 0.878 bits per heavy atom. The summed E-state index contributed by atoms with van der Waals surface area (Å²) < 4.78 is 23.8. The van der Waals surface area contributed by atoms with Gasteiger partial charge in [-0.15, -0.1) is 0 Å². The highest BCUT2D eigenvalue weighted by Crippen LogP contribution is 2.46. The minimum Gasteiger partial charge on any atom is -0.507 e. The number of methoxy groups -OCH3 is 4. The van der Waals surface area contributed by atoms with Gasteiger partial charge in [0.25, 0.3) is 11.7 Å². The third-order valence-corrected chi connectivity index (χ3v) is 7.24. The van der Waals surface area contributed by atoms with E-state index in [1.165, 1.54) is 26.2 Å². The van der Waals surface area contributed by atoms with Gasteiger partial charge in [-0.25, -0.2) is 4.98 Å². The maximum atomic E-state index is 13.6. The lowest BCUT2D eigenvalue weighted by Crippen LogP contribution is -2.31. The van der Waals surface area contributed by atoms with E-state index in [4.69, 9.17) is 18.9 Å².